The van der Waals surface area contributed by atoms with Gasteiger partial charge in [-0.1, -0.05) is 13.8 Å². The molecule has 3 heteroatoms. The lowest BCUT2D eigenvalue weighted by Crippen LogP contribution is -2.17. The van der Waals surface area contributed by atoms with E-state index in [1.165, 1.54) is 0 Å². The highest BCUT2D eigenvalue weighted by molar-refractivity contribution is 4.42. The summed E-state index contributed by atoms with van der Waals surface area (Å²) in [6.07, 6.45) is 1.09. The minimum atomic E-state index is 0.750. The van der Waals surface area contributed by atoms with Crippen molar-refractivity contribution >= 4 is 0 Å². The molecule has 0 radical (unpaired) electrons. The second-order valence-electron chi connectivity index (χ2n) is 1.90. The van der Waals surface area contributed by atoms with Gasteiger partial charge in [0.15, 0.2) is 0 Å². The van der Waals surface area contributed by atoms with E-state index in [-0.39, 0.29) is 0 Å². The van der Waals surface area contributed by atoms with Gasteiger partial charge in [0.05, 0.1) is 0 Å². The summed E-state index contributed by atoms with van der Waals surface area (Å²) in [7, 11) is 0. The maximum atomic E-state index is 5.23. The molecule has 0 aliphatic heterocycles. The molecule has 0 unspecified atom stereocenters. The lowest BCUT2D eigenvalue weighted by molar-refractivity contribution is 0.679. The quantitative estimate of drug-likeness (QED) is 0.487. The third kappa shape index (κ3) is 24.8. The van der Waals surface area contributed by atoms with Gasteiger partial charge in [-0.3, -0.25) is 0 Å². The fourth-order valence-electron chi connectivity index (χ4n) is 0.404. The Balaban J connectivity index is 0. The summed E-state index contributed by atoms with van der Waals surface area (Å²) < 4.78 is 0. The molecule has 0 fully saturated rings. The molecule has 0 aromatic rings. The molecule has 0 rings (SSSR count). The number of nitrogens with one attached hydrogen (secondary N) is 1. The first-order chi connectivity index (χ1) is 4.83. The summed E-state index contributed by atoms with van der Waals surface area (Å²) in [6.45, 7) is 7.66. The molecule has 0 spiro atoms. The van der Waals surface area contributed by atoms with Crippen LogP contribution in [0.5, 0.6) is 0 Å². The van der Waals surface area contributed by atoms with Crippen molar-refractivity contribution in [2.24, 2.45) is 11.5 Å². The summed E-state index contributed by atoms with van der Waals surface area (Å²) in [5.41, 5.74) is 10.1. The Morgan fingerprint density at radius 3 is 2.00 bits per heavy atom. The zero-order valence-electron chi connectivity index (χ0n) is 7.19. The van der Waals surface area contributed by atoms with E-state index in [0.717, 1.165) is 32.6 Å². The normalized spacial score (nSPS) is 8.40. The highest BCUT2D eigenvalue weighted by Gasteiger charge is 1.77. The third-order valence-corrected chi connectivity index (χ3v) is 0.808. The van der Waals surface area contributed by atoms with Crippen LogP contribution in [0, 0.1) is 0 Å². The van der Waals surface area contributed by atoms with Gasteiger partial charge in [-0.2, -0.15) is 0 Å². The van der Waals surface area contributed by atoms with Gasteiger partial charge in [-0.15, -0.1) is 0 Å². The summed E-state index contributed by atoms with van der Waals surface area (Å²) in [5, 5.41) is 3.17. The Labute approximate surface area is 64.2 Å². The van der Waals surface area contributed by atoms with Gasteiger partial charge in [0.1, 0.15) is 0 Å². The van der Waals surface area contributed by atoms with Gasteiger partial charge in [0, 0.05) is 0 Å². The first kappa shape index (κ1) is 12.5. The van der Waals surface area contributed by atoms with Crippen LogP contribution < -0.4 is 16.8 Å². The van der Waals surface area contributed by atoms with Crippen molar-refractivity contribution in [3.63, 3.8) is 0 Å². The second-order valence-corrected chi connectivity index (χ2v) is 1.90. The molecule has 0 amide bonds. The zero-order valence-corrected chi connectivity index (χ0v) is 7.19. The monoisotopic (exact) mass is 147 g/mol. The number of hydrogen-bond donors (Lipinski definition) is 3. The fourth-order valence-corrected chi connectivity index (χ4v) is 0.404. The van der Waals surface area contributed by atoms with Crippen molar-refractivity contribution in [1.82, 2.24) is 5.32 Å². The fraction of sp³-hybridized carbons (Fsp3) is 1.00. The number of rotatable bonds is 4. The topological polar surface area (TPSA) is 64.1 Å². The molecule has 0 atom stereocenters. The minimum absolute atomic E-state index is 0.750. The molecule has 0 saturated carbocycles. The molecular formula is C7H21N3. The van der Waals surface area contributed by atoms with Crippen molar-refractivity contribution < 1.29 is 0 Å². The van der Waals surface area contributed by atoms with Gasteiger partial charge in [-0.05, 0) is 32.6 Å². The molecule has 0 heterocycles. The van der Waals surface area contributed by atoms with Crippen LogP contribution in [0.2, 0.25) is 0 Å². The predicted octanol–water partition coefficient (Wildman–Crippen LogP) is -0.0903. The highest BCUT2D eigenvalue weighted by Crippen LogP contribution is 1.66. The molecule has 0 aromatic carbocycles. The van der Waals surface area contributed by atoms with E-state index in [0.29, 0.717) is 0 Å². The Morgan fingerprint density at radius 1 is 1.20 bits per heavy atom. The molecule has 0 aromatic heterocycles. The molecule has 0 aliphatic carbocycles. The van der Waals surface area contributed by atoms with E-state index < -0.39 is 0 Å². The Bertz CT molecular complexity index is 35.8. The summed E-state index contributed by atoms with van der Waals surface area (Å²) >= 11 is 0. The molecule has 0 bridgehead atoms. The van der Waals surface area contributed by atoms with Crippen LogP contribution in [-0.4, -0.2) is 26.2 Å². The van der Waals surface area contributed by atoms with E-state index in [4.69, 9.17) is 11.5 Å². The third-order valence-electron chi connectivity index (χ3n) is 0.808. The lowest BCUT2D eigenvalue weighted by Gasteiger charge is -1.95. The maximum Gasteiger partial charge on any atom is -0.00370 e. The van der Waals surface area contributed by atoms with Crippen LogP contribution in [-0.2, 0) is 0 Å². The largest absolute Gasteiger partial charge is 0.331 e. The molecule has 0 aliphatic rings. The van der Waals surface area contributed by atoms with Crippen LogP contribution in [0.1, 0.15) is 20.3 Å². The Morgan fingerprint density at radius 2 is 1.70 bits per heavy atom. The van der Waals surface area contributed by atoms with Crippen molar-refractivity contribution in [2.75, 3.05) is 26.2 Å². The number of hydrogen-bond acceptors (Lipinski definition) is 3. The Hall–Kier alpha value is -0.120. The van der Waals surface area contributed by atoms with Crippen molar-refractivity contribution in [3.05, 3.63) is 0 Å². The maximum absolute atomic E-state index is 5.23. The molecule has 10 heavy (non-hydrogen) atoms. The second kappa shape index (κ2) is 15.9. The first-order valence-electron chi connectivity index (χ1n) is 3.94. The van der Waals surface area contributed by atoms with Crippen molar-refractivity contribution in [2.45, 2.75) is 20.3 Å². The van der Waals surface area contributed by atoms with E-state index >= 15 is 0 Å². The molecule has 64 valence electrons. The summed E-state index contributed by atoms with van der Waals surface area (Å²) in [6, 6.07) is 0. The van der Waals surface area contributed by atoms with E-state index in [1.807, 2.05) is 6.92 Å². The summed E-state index contributed by atoms with van der Waals surface area (Å²) in [4.78, 5) is 0. The average Bonchev–Trinajstić information content (AvgIpc) is 1.91. The predicted molar refractivity (Wildman–Crippen MR) is 46.9 cm³/mol. The Kier molecular flexibility index (Phi) is 20.0. The van der Waals surface area contributed by atoms with Gasteiger partial charge >= 0.3 is 0 Å². The summed E-state index contributed by atoms with van der Waals surface area (Å²) in [5.74, 6) is 0. The van der Waals surface area contributed by atoms with Crippen LogP contribution >= 0.6 is 0 Å². The molecule has 5 N–H and O–H groups in total. The minimum Gasteiger partial charge on any atom is -0.331 e. The van der Waals surface area contributed by atoms with Crippen LogP contribution in [0.3, 0.4) is 0 Å². The smallest absolute Gasteiger partial charge is 0.00370 e. The highest BCUT2D eigenvalue weighted by atomic mass is 14.8. The van der Waals surface area contributed by atoms with Crippen LogP contribution in [0.25, 0.3) is 0 Å². The lowest BCUT2D eigenvalue weighted by atomic mass is 10.4. The van der Waals surface area contributed by atoms with Crippen molar-refractivity contribution in [1.29, 1.82) is 0 Å². The van der Waals surface area contributed by atoms with Crippen LogP contribution in [0.15, 0.2) is 0 Å². The standard InChI is InChI=1S/C5H14N2.C2H7N/c1-2-7-5-3-4-6;1-2-3/h7H,2-6H2,1H3;2-3H2,1H3. The van der Waals surface area contributed by atoms with Crippen LogP contribution in [0.4, 0.5) is 0 Å². The van der Waals surface area contributed by atoms with E-state index in [1.54, 1.807) is 0 Å². The van der Waals surface area contributed by atoms with Gasteiger partial charge in [-0.25, -0.2) is 0 Å². The zero-order chi connectivity index (χ0) is 8.24. The SMILES string of the molecule is CCN.CCNCCCN. The number of nitrogens with two attached hydrogens (primary N) is 2. The van der Waals surface area contributed by atoms with Gasteiger partial charge < -0.3 is 16.8 Å². The molecule has 3 nitrogen and oxygen atoms in total. The van der Waals surface area contributed by atoms with E-state index in [9.17, 15) is 0 Å². The molecular weight excluding hydrogens is 126 g/mol. The van der Waals surface area contributed by atoms with E-state index in [2.05, 4.69) is 12.2 Å². The average molecular weight is 147 g/mol. The van der Waals surface area contributed by atoms with Crippen molar-refractivity contribution in [3.8, 4) is 0 Å². The van der Waals surface area contributed by atoms with Gasteiger partial charge in [0.25, 0.3) is 0 Å². The molecule has 0 saturated heterocycles. The first-order valence-corrected chi connectivity index (χ1v) is 3.94. The van der Waals surface area contributed by atoms with Gasteiger partial charge in [0.2, 0.25) is 0 Å².